The Morgan fingerprint density at radius 3 is 1.93 bits per heavy atom. The minimum atomic E-state index is -5.42. The monoisotopic (exact) mass is 857 g/mol. The number of aliphatic carboxylic acids is 1. The zero-order valence-corrected chi connectivity index (χ0v) is 31.6. The molecule has 1 aromatic rings. The Bertz CT molecular complexity index is 1640. The van der Waals surface area contributed by atoms with Crippen LogP contribution < -0.4 is 16.0 Å². The van der Waals surface area contributed by atoms with Crippen molar-refractivity contribution in [3.8, 4) is 0 Å². The van der Waals surface area contributed by atoms with Crippen LogP contribution in [0.3, 0.4) is 0 Å². The number of aliphatic hydroxyl groups excluding tert-OH is 6. The molecule has 0 unspecified atom stereocenters. The maximum Gasteiger partial charge on any atom is 0.407 e. The molecule has 4 rings (SSSR count). The predicted molar refractivity (Wildman–Crippen MR) is 184 cm³/mol. The molecule has 3 amide bonds. The largest absolute Gasteiger partial charge is 0.479 e. The molecule has 0 bridgehead atoms. The minimum absolute atomic E-state index is 0.0565. The van der Waals surface area contributed by atoms with Gasteiger partial charge >= 0.3 is 22.5 Å². The molecule has 0 saturated carbocycles. The van der Waals surface area contributed by atoms with Crippen molar-refractivity contribution in [3.63, 3.8) is 0 Å². The summed E-state index contributed by atoms with van der Waals surface area (Å²) in [7, 11) is -5.42. The number of carbonyl (C=O) groups is 4. The Morgan fingerprint density at radius 1 is 0.741 bits per heavy atom. The molecule has 3 saturated heterocycles. The molecule has 328 valence electrons. The van der Waals surface area contributed by atoms with Crippen LogP contribution in [0, 0.1) is 0 Å². The van der Waals surface area contributed by atoms with Gasteiger partial charge in [0.05, 0.1) is 19.8 Å². The number of ether oxygens (including phenoxy) is 7. The number of hydrogen-bond donors (Lipinski definition) is 11. The third-order valence-electron chi connectivity index (χ3n) is 8.92. The predicted octanol–water partition coefficient (Wildman–Crippen LogP) is -5.42. The van der Waals surface area contributed by atoms with Gasteiger partial charge in [-0.15, -0.1) is 0 Å². The van der Waals surface area contributed by atoms with Gasteiger partial charge < -0.3 is 84.9 Å². The van der Waals surface area contributed by atoms with Gasteiger partial charge in [0.25, 0.3) is 0 Å². The van der Waals surface area contributed by atoms with Crippen molar-refractivity contribution < 1.29 is 105 Å². The van der Waals surface area contributed by atoms with Crippen molar-refractivity contribution in [1.29, 1.82) is 0 Å². The first-order valence-corrected chi connectivity index (χ1v) is 18.9. The van der Waals surface area contributed by atoms with E-state index in [1.165, 1.54) is 0 Å². The molecule has 3 aliphatic heterocycles. The summed E-state index contributed by atoms with van der Waals surface area (Å²) < 4.78 is 77.1. The van der Waals surface area contributed by atoms with Gasteiger partial charge in [0.1, 0.15) is 73.6 Å². The number of carboxylic acid groups (broad SMARTS) is 1. The lowest BCUT2D eigenvalue weighted by Gasteiger charge is -2.49. The summed E-state index contributed by atoms with van der Waals surface area (Å²) in [5.74, 6) is -3.47. The average Bonchev–Trinajstić information content (AvgIpc) is 3.16. The molecule has 3 aliphatic rings. The minimum Gasteiger partial charge on any atom is -0.479 e. The van der Waals surface area contributed by atoms with Crippen molar-refractivity contribution in [3.05, 3.63) is 35.9 Å². The number of aliphatic hydroxyl groups is 6. The van der Waals surface area contributed by atoms with E-state index in [-0.39, 0.29) is 19.8 Å². The fourth-order valence-electron chi connectivity index (χ4n) is 6.30. The second-order valence-electron chi connectivity index (χ2n) is 13.2. The number of carboxylic acids is 1. The van der Waals surface area contributed by atoms with Crippen LogP contribution in [-0.2, 0) is 68.7 Å². The molecule has 0 spiro atoms. The van der Waals surface area contributed by atoms with Crippen LogP contribution in [0.1, 0.15) is 19.4 Å². The molecule has 1 aromatic carbocycles. The summed E-state index contributed by atoms with van der Waals surface area (Å²) in [6.45, 7) is -0.594. The fraction of sp³-hybridized carbons (Fsp3) is 0.688. The summed E-state index contributed by atoms with van der Waals surface area (Å²) in [5.41, 5.74) is 0.702. The molecular formula is C32H47N3O22S. The Morgan fingerprint density at radius 2 is 1.34 bits per heavy atom. The third-order valence-corrected chi connectivity index (χ3v) is 9.38. The normalized spacial score (nSPS) is 35.4. The lowest BCUT2D eigenvalue weighted by molar-refractivity contribution is -0.359. The molecular weight excluding hydrogens is 810 g/mol. The molecule has 58 heavy (non-hydrogen) atoms. The van der Waals surface area contributed by atoms with Crippen molar-refractivity contribution >= 4 is 34.3 Å². The summed E-state index contributed by atoms with van der Waals surface area (Å²) in [5, 5.41) is 80.3. The highest BCUT2D eigenvalue weighted by molar-refractivity contribution is 7.80. The molecule has 0 aliphatic carbocycles. The maximum absolute atomic E-state index is 12.5. The number of benzene rings is 1. The van der Waals surface area contributed by atoms with Crippen LogP contribution >= 0.6 is 0 Å². The number of hydrogen-bond acceptors (Lipinski definition) is 20. The fourth-order valence-corrected chi connectivity index (χ4v) is 6.81. The van der Waals surface area contributed by atoms with E-state index in [2.05, 4.69) is 16.0 Å². The van der Waals surface area contributed by atoms with Gasteiger partial charge in [0.2, 0.25) is 11.8 Å². The van der Waals surface area contributed by atoms with E-state index in [1.54, 1.807) is 30.3 Å². The standard InChI is InChI=1S/C32H47N3O22S/c1-13(38)34-18-21(41)20(40)16(10-36)52-30(18)55-26-22(42)23(43)31(56-27(26)28(44)45)54-25-19(35-14(2)39)29(53-17(11-37)24(25)57-58(47,48)49)50-9-8-33-32(46)51-12-15-6-4-3-5-7-15/h3-7,16-27,29-31,36-37,40-43H,8-12H2,1-2H3,(H,33,46)(H,34,38)(H,35,39)(H,44,45)(H,47,48,49)/t16-,17-,18-,19-,20+,21-,22-,23-,24+,25-,26+,27+,29-,30+,31-/m1/s1. The molecule has 3 fully saturated rings. The first-order chi connectivity index (χ1) is 27.3. The zero-order valence-electron chi connectivity index (χ0n) is 30.8. The Labute approximate surface area is 330 Å². The molecule has 3 heterocycles. The van der Waals surface area contributed by atoms with Crippen molar-refractivity contribution in [2.75, 3.05) is 26.4 Å². The van der Waals surface area contributed by atoms with E-state index in [9.17, 15) is 67.9 Å². The van der Waals surface area contributed by atoms with Crippen molar-refractivity contribution in [2.45, 2.75) is 112 Å². The van der Waals surface area contributed by atoms with E-state index in [1.807, 2.05) is 0 Å². The van der Waals surface area contributed by atoms with Gasteiger partial charge in [0, 0.05) is 20.4 Å². The molecule has 0 radical (unpaired) electrons. The van der Waals surface area contributed by atoms with E-state index in [0.717, 1.165) is 13.8 Å². The van der Waals surface area contributed by atoms with E-state index < -0.39 is 139 Å². The zero-order chi connectivity index (χ0) is 42.9. The summed E-state index contributed by atoms with van der Waals surface area (Å²) in [4.78, 5) is 49.0. The van der Waals surface area contributed by atoms with Crippen LogP contribution in [-0.4, -0.2) is 191 Å². The van der Waals surface area contributed by atoms with E-state index in [4.69, 9.17) is 37.3 Å². The van der Waals surface area contributed by atoms with Crippen LogP contribution in [0.15, 0.2) is 30.3 Å². The summed E-state index contributed by atoms with van der Waals surface area (Å²) in [6.07, 6.45) is -26.8. The number of nitrogens with one attached hydrogen (secondary N) is 3. The second kappa shape index (κ2) is 21.0. The summed E-state index contributed by atoms with van der Waals surface area (Å²) in [6, 6.07) is 5.40. The van der Waals surface area contributed by atoms with Gasteiger partial charge in [0.15, 0.2) is 25.0 Å². The molecule has 11 N–H and O–H groups in total. The van der Waals surface area contributed by atoms with Crippen LogP contribution in [0.5, 0.6) is 0 Å². The first-order valence-electron chi connectivity index (χ1n) is 17.5. The van der Waals surface area contributed by atoms with Crippen LogP contribution in [0.2, 0.25) is 0 Å². The SMILES string of the molecule is CC(=O)N[C@H]1[C@H](O[C@H]2[C@H](O)[C@@H](O)[C@H](O[C@@H]3[C@@H](NC(C)=O)[C@H](OCCNC(=O)OCc4ccccc4)O[C@H](CO)[C@@H]3OS(=O)(=O)O)O[C@@H]2C(=O)O)O[C@H](CO)[C@H](O)[C@@H]1O. The lowest BCUT2D eigenvalue weighted by atomic mass is 9.94. The third kappa shape index (κ3) is 12.4. The average molecular weight is 858 g/mol. The highest BCUT2D eigenvalue weighted by Crippen LogP contribution is 2.34. The molecule has 0 aromatic heterocycles. The number of carbonyl (C=O) groups excluding carboxylic acids is 3. The van der Waals surface area contributed by atoms with Gasteiger partial charge in [-0.2, -0.15) is 8.42 Å². The highest BCUT2D eigenvalue weighted by Gasteiger charge is 2.57. The summed E-state index contributed by atoms with van der Waals surface area (Å²) >= 11 is 0. The van der Waals surface area contributed by atoms with Crippen LogP contribution in [0.4, 0.5) is 4.79 Å². The van der Waals surface area contributed by atoms with Crippen molar-refractivity contribution in [2.24, 2.45) is 0 Å². The van der Waals surface area contributed by atoms with Crippen molar-refractivity contribution in [1.82, 2.24) is 16.0 Å². The highest BCUT2D eigenvalue weighted by atomic mass is 32.3. The van der Waals surface area contributed by atoms with Gasteiger partial charge in [-0.1, -0.05) is 30.3 Å². The van der Waals surface area contributed by atoms with E-state index in [0.29, 0.717) is 5.56 Å². The topological polar surface area (TPSA) is 374 Å². The van der Waals surface area contributed by atoms with E-state index >= 15 is 0 Å². The lowest BCUT2D eigenvalue weighted by Crippen LogP contribution is -2.70. The quantitative estimate of drug-likeness (QED) is 0.0514. The van der Waals surface area contributed by atoms with Gasteiger partial charge in [-0.25, -0.2) is 13.8 Å². The Kier molecular flexibility index (Phi) is 17.0. The number of alkyl carbamates (subject to hydrolysis) is 1. The Hall–Kier alpha value is -3.71. The molecule has 15 atom stereocenters. The molecule has 25 nitrogen and oxygen atoms in total. The van der Waals surface area contributed by atoms with Gasteiger partial charge in [-0.05, 0) is 5.56 Å². The first kappa shape index (κ1) is 47.0. The number of rotatable bonds is 17. The maximum atomic E-state index is 12.5. The Balaban J connectivity index is 1.56. The smallest absolute Gasteiger partial charge is 0.407 e. The molecule has 26 heteroatoms. The number of amides is 3. The van der Waals surface area contributed by atoms with Gasteiger partial charge in [-0.3, -0.25) is 14.1 Å². The van der Waals surface area contributed by atoms with Crippen LogP contribution in [0.25, 0.3) is 0 Å². The second-order valence-corrected chi connectivity index (χ2v) is 14.2.